The highest BCUT2D eigenvalue weighted by Gasteiger charge is 2.18. The van der Waals surface area contributed by atoms with E-state index in [-0.39, 0.29) is 28.3 Å². The largest absolute Gasteiger partial charge is 0.507 e. The van der Waals surface area contributed by atoms with Crippen LogP contribution in [0, 0.1) is 0 Å². The lowest BCUT2D eigenvalue weighted by molar-refractivity contribution is -0.136. The Labute approximate surface area is 175 Å². The number of hydrogen-bond acceptors (Lipinski definition) is 11. The highest BCUT2D eigenvalue weighted by Crippen LogP contribution is 2.29. The summed E-state index contributed by atoms with van der Waals surface area (Å²) >= 11 is 0. The molecule has 0 aromatic heterocycles. The molecule has 11 heteroatoms. The third-order valence-electron chi connectivity index (χ3n) is 3.39. The second kappa shape index (κ2) is 9.87. The van der Waals surface area contributed by atoms with Crippen LogP contribution in [-0.2, 0) is 23.9 Å². The lowest BCUT2D eigenvalue weighted by Gasteiger charge is -2.08. The number of benzene rings is 2. The van der Waals surface area contributed by atoms with Crippen molar-refractivity contribution in [2.75, 3.05) is 0 Å². The second-order valence-corrected chi connectivity index (χ2v) is 5.94. The number of aromatic hydroxyl groups is 1. The van der Waals surface area contributed by atoms with E-state index in [0.29, 0.717) is 0 Å². The summed E-state index contributed by atoms with van der Waals surface area (Å²) < 4.78 is 13.8. The summed E-state index contributed by atoms with van der Waals surface area (Å²) in [5.74, 6) is -5.09. The van der Waals surface area contributed by atoms with Crippen molar-refractivity contribution >= 4 is 41.2 Å². The Hall–Kier alpha value is -4.41. The van der Waals surface area contributed by atoms with E-state index in [4.69, 9.17) is 4.74 Å². The van der Waals surface area contributed by atoms with E-state index in [1.54, 1.807) is 0 Å². The molecule has 0 aliphatic rings. The van der Waals surface area contributed by atoms with Gasteiger partial charge >= 0.3 is 29.8 Å². The maximum atomic E-state index is 12.0. The maximum absolute atomic E-state index is 12.0. The molecule has 1 N–H and O–H groups in total. The standard InChI is InChI=1S/C20H16N2O9/c1-10(23)29-18-9-14(5-7-16(18)20(28)31-12(3)25)22-21-13-4-6-15(17(26)8-13)19(27)30-11(2)24/h4-9,26H,1-3H3. The molecule has 0 aliphatic heterocycles. The quantitative estimate of drug-likeness (QED) is 0.327. The summed E-state index contributed by atoms with van der Waals surface area (Å²) in [6, 6.07) is 7.46. The Morgan fingerprint density at radius 3 is 1.68 bits per heavy atom. The van der Waals surface area contributed by atoms with Crippen molar-refractivity contribution in [2.45, 2.75) is 20.8 Å². The van der Waals surface area contributed by atoms with Crippen LogP contribution in [0.4, 0.5) is 11.4 Å². The Kier molecular flexibility index (Phi) is 7.28. The lowest BCUT2D eigenvalue weighted by Crippen LogP contribution is -2.12. The summed E-state index contributed by atoms with van der Waals surface area (Å²) in [5, 5.41) is 17.7. The normalized spacial score (nSPS) is 10.4. The molecule has 0 atom stereocenters. The molecule has 0 bridgehead atoms. The number of carbonyl (C=O) groups is 5. The van der Waals surface area contributed by atoms with E-state index in [0.717, 1.165) is 26.8 Å². The fraction of sp³-hybridized carbons (Fsp3) is 0.150. The summed E-state index contributed by atoms with van der Waals surface area (Å²) in [6.07, 6.45) is 0. The highest BCUT2D eigenvalue weighted by molar-refractivity contribution is 5.99. The third-order valence-corrected chi connectivity index (χ3v) is 3.39. The predicted molar refractivity (Wildman–Crippen MR) is 102 cm³/mol. The number of carbonyl (C=O) groups excluding carboxylic acids is 5. The van der Waals surface area contributed by atoms with E-state index < -0.39 is 35.6 Å². The topological polar surface area (TPSA) is 158 Å². The van der Waals surface area contributed by atoms with Crippen molar-refractivity contribution < 1.29 is 43.3 Å². The molecule has 0 heterocycles. The van der Waals surface area contributed by atoms with Crippen molar-refractivity contribution in [3.8, 4) is 11.5 Å². The van der Waals surface area contributed by atoms with Crippen molar-refractivity contribution in [2.24, 2.45) is 10.2 Å². The van der Waals surface area contributed by atoms with Crippen LogP contribution in [-0.4, -0.2) is 35.0 Å². The molecular formula is C20H16N2O9. The number of nitrogens with zero attached hydrogens (tertiary/aromatic N) is 2. The number of ether oxygens (including phenoxy) is 3. The van der Waals surface area contributed by atoms with Crippen molar-refractivity contribution in [1.29, 1.82) is 0 Å². The smallest absolute Gasteiger partial charge is 0.349 e. The Morgan fingerprint density at radius 1 is 0.710 bits per heavy atom. The minimum Gasteiger partial charge on any atom is -0.507 e. The number of phenols is 1. The van der Waals surface area contributed by atoms with Gasteiger partial charge in [-0.25, -0.2) is 9.59 Å². The molecule has 2 aromatic carbocycles. The predicted octanol–water partition coefficient (Wildman–Crippen LogP) is 3.14. The van der Waals surface area contributed by atoms with Gasteiger partial charge in [0, 0.05) is 32.9 Å². The zero-order valence-electron chi connectivity index (χ0n) is 16.6. The number of phenolic OH excluding ortho intramolecular Hbond substituents is 1. The molecule has 31 heavy (non-hydrogen) atoms. The first kappa shape index (κ1) is 22.9. The summed E-state index contributed by atoms with van der Waals surface area (Å²) in [6.45, 7) is 3.22. The van der Waals surface area contributed by atoms with Gasteiger partial charge in [-0.2, -0.15) is 10.2 Å². The fourth-order valence-electron chi connectivity index (χ4n) is 2.22. The maximum Gasteiger partial charge on any atom is 0.349 e. The first-order chi connectivity index (χ1) is 14.6. The van der Waals surface area contributed by atoms with Gasteiger partial charge in [0.1, 0.15) is 22.6 Å². The van der Waals surface area contributed by atoms with E-state index >= 15 is 0 Å². The minimum atomic E-state index is -1.02. The number of azo groups is 1. The lowest BCUT2D eigenvalue weighted by atomic mass is 10.2. The van der Waals surface area contributed by atoms with Gasteiger partial charge in [0.25, 0.3) is 0 Å². The Balaban J connectivity index is 2.29. The van der Waals surface area contributed by atoms with Crippen LogP contribution in [0.1, 0.15) is 41.5 Å². The minimum absolute atomic E-state index is 0.144. The number of esters is 5. The van der Waals surface area contributed by atoms with Gasteiger partial charge in [0.2, 0.25) is 0 Å². The molecule has 160 valence electrons. The van der Waals surface area contributed by atoms with Crippen molar-refractivity contribution in [3.63, 3.8) is 0 Å². The van der Waals surface area contributed by atoms with Crippen LogP contribution >= 0.6 is 0 Å². The molecule has 0 amide bonds. The van der Waals surface area contributed by atoms with Gasteiger partial charge in [-0.3, -0.25) is 14.4 Å². The van der Waals surface area contributed by atoms with Gasteiger partial charge in [-0.05, 0) is 24.3 Å². The molecule has 0 fully saturated rings. The zero-order chi connectivity index (χ0) is 23.1. The number of hydrogen-bond donors (Lipinski definition) is 1. The van der Waals surface area contributed by atoms with Gasteiger partial charge in [-0.1, -0.05) is 0 Å². The average Bonchev–Trinajstić information content (AvgIpc) is 2.64. The van der Waals surface area contributed by atoms with Crippen LogP contribution in [0.5, 0.6) is 11.5 Å². The average molecular weight is 428 g/mol. The van der Waals surface area contributed by atoms with Crippen LogP contribution < -0.4 is 4.74 Å². The third kappa shape index (κ3) is 6.56. The van der Waals surface area contributed by atoms with E-state index in [9.17, 15) is 29.1 Å². The molecule has 0 saturated heterocycles. The van der Waals surface area contributed by atoms with Crippen LogP contribution in [0.25, 0.3) is 0 Å². The Morgan fingerprint density at radius 2 is 1.19 bits per heavy atom. The van der Waals surface area contributed by atoms with Gasteiger partial charge < -0.3 is 19.3 Å². The Bertz CT molecular complexity index is 1110. The first-order valence-corrected chi connectivity index (χ1v) is 8.59. The molecular weight excluding hydrogens is 412 g/mol. The number of rotatable bonds is 5. The van der Waals surface area contributed by atoms with E-state index in [2.05, 4.69) is 19.7 Å². The van der Waals surface area contributed by atoms with Gasteiger partial charge in [-0.15, -0.1) is 0 Å². The molecule has 11 nitrogen and oxygen atoms in total. The first-order valence-electron chi connectivity index (χ1n) is 8.59. The summed E-state index contributed by atoms with van der Waals surface area (Å²) in [4.78, 5) is 56.8. The molecule has 2 aromatic rings. The highest BCUT2D eigenvalue weighted by atomic mass is 16.6. The van der Waals surface area contributed by atoms with Crippen molar-refractivity contribution in [3.05, 3.63) is 47.5 Å². The van der Waals surface area contributed by atoms with E-state index in [1.807, 2.05) is 0 Å². The zero-order valence-corrected chi connectivity index (χ0v) is 16.6. The molecule has 0 spiro atoms. The van der Waals surface area contributed by atoms with Crippen LogP contribution in [0.3, 0.4) is 0 Å². The second-order valence-electron chi connectivity index (χ2n) is 5.94. The SMILES string of the molecule is CC(=O)OC(=O)c1ccc(N=Nc2ccc(C(=O)OC(C)=O)c(OC(C)=O)c2)cc1O. The molecule has 0 saturated carbocycles. The van der Waals surface area contributed by atoms with Gasteiger partial charge in [0.15, 0.2) is 0 Å². The molecule has 0 aliphatic carbocycles. The summed E-state index contributed by atoms with van der Waals surface area (Å²) in [5.41, 5.74) is -0.101. The van der Waals surface area contributed by atoms with Crippen molar-refractivity contribution in [1.82, 2.24) is 0 Å². The van der Waals surface area contributed by atoms with Crippen LogP contribution in [0.15, 0.2) is 46.6 Å². The molecule has 2 rings (SSSR count). The summed E-state index contributed by atoms with van der Waals surface area (Å²) in [7, 11) is 0. The van der Waals surface area contributed by atoms with Gasteiger partial charge in [0.05, 0.1) is 11.4 Å². The van der Waals surface area contributed by atoms with Crippen LogP contribution in [0.2, 0.25) is 0 Å². The monoisotopic (exact) mass is 428 g/mol. The molecule has 0 unspecified atom stereocenters. The van der Waals surface area contributed by atoms with E-state index in [1.165, 1.54) is 30.3 Å². The fourth-order valence-corrected chi connectivity index (χ4v) is 2.22. The molecule has 0 radical (unpaired) electrons.